The van der Waals surface area contributed by atoms with Crippen molar-refractivity contribution in [2.75, 3.05) is 0 Å². The zero-order valence-corrected chi connectivity index (χ0v) is 35.8. The van der Waals surface area contributed by atoms with E-state index in [4.69, 9.17) is 115 Å². The molecule has 0 N–H and O–H groups in total. The van der Waals surface area contributed by atoms with Gasteiger partial charge in [-0.25, -0.2) is 0 Å². The summed E-state index contributed by atoms with van der Waals surface area (Å²) < 4.78 is 51.3. The third-order valence-corrected chi connectivity index (χ3v) is 0. The Kier molecular flexibility index (Phi) is 288. The second kappa shape index (κ2) is 85.7. The molecule has 0 aromatic heterocycles. The Morgan fingerprint density at radius 2 is 0.146 bits per heavy atom. The summed E-state index contributed by atoms with van der Waals surface area (Å²) in [5.74, 6) is 0. The van der Waals surface area contributed by atoms with E-state index >= 15 is 0 Å². The Hall–Kier alpha value is 11.4. The summed E-state index contributed by atoms with van der Waals surface area (Å²) in [6.45, 7) is 0. The number of rotatable bonds is 0. The van der Waals surface area contributed by atoms with Crippen molar-refractivity contribution in [3.8, 4) is 0 Å². The minimum Gasteiger partial charge on any atom is -0.822 e. The van der Waals surface area contributed by atoms with Crippen LogP contribution in [0.2, 0.25) is 0 Å². The molecular weight excluding hydrogens is 695 g/mol. The summed E-state index contributed by atoms with van der Waals surface area (Å²) >= 11 is 0. The van der Waals surface area contributed by atoms with Gasteiger partial charge in [0.25, 0.3) is 0 Å². The monoisotopic (exact) mass is 696 g/mol. The number of hydrogen-bond acceptors (Lipinski definition) is 24. The summed E-state index contributed by atoms with van der Waals surface area (Å²) in [6.07, 6.45) is 0. The van der Waals surface area contributed by atoms with Crippen LogP contribution in [0.1, 0.15) is 0 Å². The molecule has 0 spiro atoms. The summed E-state index contributed by atoms with van der Waals surface area (Å²) in [5, 5.41) is 0. The second-order valence-electron chi connectivity index (χ2n) is 2.68. The van der Waals surface area contributed by atoms with Crippen LogP contribution in [-0.2, 0) is 27.4 Å². The molecule has 192 valence electrons. The Labute approximate surface area is 492 Å². The van der Waals surface area contributed by atoms with E-state index in [2.05, 4.69) is 0 Å². The molecule has 0 bridgehead atoms. The van der Waals surface area contributed by atoms with Crippen LogP contribution in [0.15, 0.2) is 0 Å². The van der Waals surface area contributed by atoms with Gasteiger partial charge in [0.15, 0.2) is 0 Å². The van der Waals surface area contributed by atoms with Gasteiger partial charge in [-0.2, -0.15) is 46.9 Å². The van der Waals surface area contributed by atoms with E-state index in [0.29, 0.717) is 0 Å². The second-order valence-corrected chi connectivity index (χ2v) is 8.05. The third kappa shape index (κ3) is 1400. The SMILES string of the molecule is O=P([O-])([O-])[O-].O=P([O-])([O-])[O-].O=P([O-])([O-])[O-].O=P([O-])([O-])[O-].O=P([O-])([O-])[O-].O=P([O-])([O-])[O-].[Li+].[Li+].[Li+].[Li+].[Li+].[Li+].[Li+].[Li+].[Li+].[Li+].[Li+].[Li+].[Li+].[Li+].[Li+].[Li+].[Li+].[Li+]. The van der Waals surface area contributed by atoms with Crippen molar-refractivity contribution in [3.05, 3.63) is 0 Å². The Morgan fingerprint density at radius 3 is 0.146 bits per heavy atom. The average Bonchev–Trinajstić information content (AvgIpc) is 1.94. The van der Waals surface area contributed by atoms with Gasteiger partial charge in [0.05, 0.1) is 0 Å². The molecule has 48 heavy (non-hydrogen) atoms. The maximum atomic E-state index is 8.55. The van der Waals surface area contributed by atoms with E-state index in [9.17, 15) is 0 Å². The van der Waals surface area contributed by atoms with Crippen LogP contribution in [-0.4, -0.2) is 0 Å². The van der Waals surface area contributed by atoms with Gasteiger partial charge in [0.2, 0.25) is 0 Å². The van der Waals surface area contributed by atoms with Crippen LogP contribution >= 0.6 is 46.9 Å². The molecular formula is Li18O24P6. The molecule has 0 rings (SSSR count). The largest absolute Gasteiger partial charge is 1.00 e. The first-order valence-electron chi connectivity index (χ1n) is 4.38. The van der Waals surface area contributed by atoms with Crippen LogP contribution in [0.3, 0.4) is 0 Å². The summed E-state index contributed by atoms with van der Waals surface area (Å²) in [7, 11) is -32.3. The summed E-state index contributed by atoms with van der Waals surface area (Å²) in [5.41, 5.74) is 0. The quantitative estimate of drug-likeness (QED) is 0.168. The van der Waals surface area contributed by atoms with Gasteiger partial charge >= 0.3 is 339 Å². The smallest absolute Gasteiger partial charge is 0.822 e. The van der Waals surface area contributed by atoms with Gasteiger partial charge in [-0.1, -0.05) is 0 Å². The van der Waals surface area contributed by atoms with Crippen molar-refractivity contribution in [2.24, 2.45) is 0 Å². The number of phosphoric acid groups is 6. The first-order chi connectivity index (χ1) is 12.0. The van der Waals surface area contributed by atoms with E-state index in [1.807, 2.05) is 0 Å². The van der Waals surface area contributed by atoms with Gasteiger partial charge in [0, 0.05) is 0 Å². The van der Waals surface area contributed by atoms with Crippen molar-refractivity contribution in [3.63, 3.8) is 0 Å². The van der Waals surface area contributed by atoms with Gasteiger partial charge in [-0.3, -0.25) is 0 Å². The molecule has 0 fully saturated rings. The molecule has 48 heteroatoms. The molecule has 0 amide bonds. The van der Waals surface area contributed by atoms with Crippen LogP contribution in [0.5, 0.6) is 0 Å². The third-order valence-electron chi connectivity index (χ3n) is 0. The first-order valence-corrected chi connectivity index (χ1v) is 13.1. The van der Waals surface area contributed by atoms with E-state index in [0.717, 1.165) is 0 Å². The van der Waals surface area contributed by atoms with Gasteiger partial charge < -0.3 is 115 Å². The molecule has 0 aromatic carbocycles. The summed E-state index contributed by atoms with van der Waals surface area (Å²) in [6, 6.07) is 0. The van der Waals surface area contributed by atoms with Crippen molar-refractivity contribution < 1.29 is 455 Å². The fraction of sp³-hybridized carbons (Fsp3) is 0. The number of hydrogen-bond donors (Lipinski definition) is 0. The molecule has 0 aromatic rings. The maximum Gasteiger partial charge on any atom is 1.00 e. The van der Waals surface area contributed by atoms with Crippen molar-refractivity contribution in [2.45, 2.75) is 0 Å². The van der Waals surface area contributed by atoms with E-state index in [1.54, 1.807) is 0 Å². The van der Waals surface area contributed by atoms with Crippen LogP contribution in [0.4, 0.5) is 0 Å². The van der Waals surface area contributed by atoms with E-state index < -0.39 is 46.9 Å². The fourth-order valence-electron chi connectivity index (χ4n) is 0. The zero-order chi connectivity index (χ0) is 27.0. The maximum absolute atomic E-state index is 8.55. The van der Waals surface area contributed by atoms with E-state index in [-0.39, 0.29) is 339 Å². The molecule has 0 aliphatic rings. The first kappa shape index (κ1) is 162. The van der Waals surface area contributed by atoms with Crippen LogP contribution < -0.4 is 428 Å². The van der Waals surface area contributed by atoms with Crippen LogP contribution in [0.25, 0.3) is 0 Å². The van der Waals surface area contributed by atoms with Gasteiger partial charge in [-0.15, -0.1) is 0 Å². The Balaban J connectivity index is -0.00000000609. The topological polar surface area (TPSA) is 518 Å². The fourth-order valence-corrected chi connectivity index (χ4v) is 0. The molecule has 0 atom stereocenters. The zero-order valence-electron chi connectivity index (χ0n) is 30.5. The molecule has 0 aliphatic heterocycles. The standard InChI is InChI=1S/18Li.6H3O4P/c;;;;;;;;;;;;;;;;;;6*1-5(2,3)4/h;;;;;;;;;;;;;;;;;;6*(H3,1,2,3,4)/q18*+1;;;;;;/p-18. The van der Waals surface area contributed by atoms with Gasteiger partial charge in [0.1, 0.15) is 0 Å². The molecule has 0 unspecified atom stereocenters. The molecule has 0 saturated heterocycles. The van der Waals surface area contributed by atoms with E-state index in [1.165, 1.54) is 0 Å². The predicted octanol–water partition coefficient (Wildman–Crippen LogP) is -70.9. The molecule has 0 heterocycles. The minimum atomic E-state index is -5.39. The summed E-state index contributed by atoms with van der Waals surface area (Å²) in [4.78, 5) is 154. The average molecular weight is 695 g/mol. The molecule has 0 aliphatic carbocycles. The van der Waals surface area contributed by atoms with Crippen molar-refractivity contribution in [1.82, 2.24) is 0 Å². The van der Waals surface area contributed by atoms with Gasteiger partial charge in [-0.05, 0) is 0 Å². The molecule has 24 nitrogen and oxygen atoms in total. The normalized spacial score (nSPS) is 7.38. The van der Waals surface area contributed by atoms with Crippen LogP contribution in [0, 0.1) is 0 Å². The van der Waals surface area contributed by atoms with Crippen molar-refractivity contribution >= 4 is 46.9 Å². The molecule has 0 radical (unpaired) electrons. The predicted molar refractivity (Wildman–Crippen MR) is 45.6 cm³/mol. The van der Waals surface area contributed by atoms with Crippen molar-refractivity contribution in [1.29, 1.82) is 0 Å². The minimum absolute atomic E-state index is 0. The Bertz CT molecular complexity index is 500. The Morgan fingerprint density at radius 1 is 0.146 bits per heavy atom. The molecule has 0 saturated carbocycles.